The number of esters is 1. The lowest BCUT2D eigenvalue weighted by atomic mass is 10.0. The largest absolute Gasteiger partial charge is 0.468 e. The summed E-state index contributed by atoms with van der Waals surface area (Å²) in [5.74, 6) is -0.219. The molecule has 0 aliphatic carbocycles. The van der Waals surface area contributed by atoms with Crippen molar-refractivity contribution >= 4 is 5.97 Å². The van der Waals surface area contributed by atoms with Crippen LogP contribution in [0.5, 0.6) is 0 Å². The maximum absolute atomic E-state index is 12.0. The van der Waals surface area contributed by atoms with Crippen LogP contribution in [0.4, 0.5) is 0 Å². The van der Waals surface area contributed by atoms with Crippen molar-refractivity contribution in [2.75, 3.05) is 20.2 Å². The van der Waals surface area contributed by atoms with Gasteiger partial charge >= 0.3 is 5.97 Å². The molecule has 4 nitrogen and oxygen atoms in total. The molecule has 1 aromatic rings. The lowest BCUT2D eigenvalue weighted by molar-refractivity contribution is -0.143. The Labute approximate surface area is 114 Å². The van der Waals surface area contributed by atoms with Gasteiger partial charge in [-0.1, -0.05) is 30.3 Å². The molecule has 1 aliphatic heterocycles. The Balaban J connectivity index is 2.07. The third kappa shape index (κ3) is 4.04. The molecule has 0 aromatic heterocycles. The molecule has 2 atom stereocenters. The Morgan fingerprint density at radius 3 is 2.84 bits per heavy atom. The fraction of sp³-hybridized carbons (Fsp3) is 0.533. The van der Waals surface area contributed by atoms with Crippen molar-refractivity contribution in [3.63, 3.8) is 0 Å². The molecule has 0 bridgehead atoms. The molecule has 0 amide bonds. The molecule has 4 heteroatoms. The standard InChI is InChI=1S/C15H22N2O2/c1-19-15(18)14(12-6-3-2-4-7-12)17-13-8-5-10-16-11-9-13/h2-4,6-7,13-14,16-17H,5,8-11H2,1H3. The number of carbonyl (C=O) groups excluding carboxylic acids is 1. The topological polar surface area (TPSA) is 50.4 Å². The van der Waals surface area contributed by atoms with E-state index in [0.717, 1.165) is 37.9 Å². The van der Waals surface area contributed by atoms with Gasteiger partial charge in [0.1, 0.15) is 6.04 Å². The molecular weight excluding hydrogens is 240 g/mol. The van der Waals surface area contributed by atoms with Crippen molar-refractivity contribution < 1.29 is 9.53 Å². The van der Waals surface area contributed by atoms with Crippen molar-refractivity contribution in [2.24, 2.45) is 0 Å². The van der Waals surface area contributed by atoms with Gasteiger partial charge in [-0.25, -0.2) is 4.79 Å². The van der Waals surface area contributed by atoms with Crippen LogP contribution in [0.1, 0.15) is 30.9 Å². The third-order valence-electron chi connectivity index (χ3n) is 3.55. The van der Waals surface area contributed by atoms with Crippen LogP contribution in [0.15, 0.2) is 30.3 Å². The zero-order valence-corrected chi connectivity index (χ0v) is 11.4. The SMILES string of the molecule is COC(=O)C(NC1CCCNCC1)c1ccccc1. The highest BCUT2D eigenvalue weighted by Crippen LogP contribution is 2.17. The highest BCUT2D eigenvalue weighted by molar-refractivity contribution is 5.77. The summed E-state index contributed by atoms with van der Waals surface area (Å²) in [7, 11) is 1.44. The fourth-order valence-corrected chi connectivity index (χ4v) is 2.49. The number of carbonyl (C=O) groups is 1. The van der Waals surface area contributed by atoms with E-state index in [1.165, 1.54) is 7.11 Å². The first-order valence-corrected chi connectivity index (χ1v) is 6.91. The second-order valence-electron chi connectivity index (χ2n) is 4.91. The number of methoxy groups -OCH3 is 1. The minimum atomic E-state index is -0.366. The second kappa shape index (κ2) is 7.26. The summed E-state index contributed by atoms with van der Waals surface area (Å²) in [5, 5.41) is 6.83. The van der Waals surface area contributed by atoms with Gasteiger partial charge in [0.15, 0.2) is 0 Å². The molecular formula is C15H22N2O2. The molecule has 2 unspecified atom stereocenters. The van der Waals surface area contributed by atoms with Crippen LogP contribution in [0.25, 0.3) is 0 Å². The second-order valence-corrected chi connectivity index (χ2v) is 4.91. The monoisotopic (exact) mass is 262 g/mol. The Morgan fingerprint density at radius 2 is 2.11 bits per heavy atom. The molecule has 1 aromatic carbocycles. The summed E-state index contributed by atoms with van der Waals surface area (Å²) >= 11 is 0. The van der Waals surface area contributed by atoms with E-state index in [1.807, 2.05) is 30.3 Å². The van der Waals surface area contributed by atoms with Gasteiger partial charge < -0.3 is 10.1 Å². The summed E-state index contributed by atoms with van der Waals surface area (Å²) in [6, 6.07) is 9.76. The quantitative estimate of drug-likeness (QED) is 0.810. The van der Waals surface area contributed by atoms with Crippen LogP contribution in [0.2, 0.25) is 0 Å². The minimum Gasteiger partial charge on any atom is -0.468 e. The van der Waals surface area contributed by atoms with E-state index in [0.29, 0.717) is 6.04 Å². The van der Waals surface area contributed by atoms with Crippen molar-refractivity contribution in [1.29, 1.82) is 0 Å². The number of benzene rings is 1. The highest BCUT2D eigenvalue weighted by Gasteiger charge is 2.24. The van der Waals surface area contributed by atoms with Crippen LogP contribution in [-0.2, 0) is 9.53 Å². The van der Waals surface area contributed by atoms with Gasteiger partial charge in [0, 0.05) is 6.04 Å². The van der Waals surface area contributed by atoms with Crippen LogP contribution < -0.4 is 10.6 Å². The molecule has 0 saturated carbocycles. The average Bonchev–Trinajstić information content (AvgIpc) is 2.73. The van der Waals surface area contributed by atoms with Gasteiger partial charge in [0.2, 0.25) is 0 Å². The highest BCUT2D eigenvalue weighted by atomic mass is 16.5. The smallest absolute Gasteiger partial charge is 0.327 e. The molecule has 2 rings (SSSR count). The summed E-state index contributed by atoms with van der Waals surface area (Å²) in [6.07, 6.45) is 3.27. The number of nitrogens with one attached hydrogen (secondary N) is 2. The van der Waals surface area contributed by atoms with Gasteiger partial charge in [-0.2, -0.15) is 0 Å². The first kappa shape index (κ1) is 14.0. The minimum absolute atomic E-state index is 0.219. The molecule has 0 radical (unpaired) electrons. The summed E-state index contributed by atoms with van der Waals surface area (Å²) < 4.78 is 4.92. The van der Waals surface area contributed by atoms with Gasteiger partial charge in [-0.15, -0.1) is 0 Å². The molecule has 19 heavy (non-hydrogen) atoms. The van der Waals surface area contributed by atoms with E-state index in [-0.39, 0.29) is 12.0 Å². The Hall–Kier alpha value is -1.39. The van der Waals surface area contributed by atoms with E-state index in [1.54, 1.807) is 0 Å². The fourth-order valence-electron chi connectivity index (χ4n) is 2.49. The first-order valence-electron chi connectivity index (χ1n) is 6.91. The summed E-state index contributed by atoms with van der Waals surface area (Å²) in [6.45, 7) is 2.06. The maximum Gasteiger partial charge on any atom is 0.327 e. The van der Waals surface area contributed by atoms with E-state index >= 15 is 0 Å². The third-order valence-corrected chi connectivity index (χ3v) is 3.55. The summed E-state index contributed by atoms with van der Waals surface area (Å²) in [5.41, 5.74) is 0.964. The van der Waals surface area contributed by atoms with Crippen molar-refractivity contribution in [3.05, 3.63) is 35.9 Å². The molecule has 1 aliphatic rings. The average molecular weight is 262 g/mol. The molecule has 1 saturated heterocycles. The Morgan fingerprint density at radius 1 is 1.32 bits per heavy atom. The Bertz CT molecular complexity index is 386. The zero-order chi connectivity index (χ0) is 13.5. The van der Waals surface area contributed by atoms with Crippen molar-refractivity contribution in [3.8, 4) is 0 Å². The predicted molar refractivity (Wildman–Crippen MR) is 74.8 cm³/mol. The number of rotatable bonds is 4. The van der Waals surface area contributed by atoms with E-state index in [9.17, 15) is 4.79 Å². The molecule has 1 fully saturated rings. The van der Waals surface area contributed by atoms with E-state index < -0.39 is 0 Å². The van der Waals surface area contributed by atoms with Crippen LogP contribution in [-0.4, -0.2) is 32.2 Å². The first-order chi connectivity index (χ1) is 9.31. The Kier molecular flexibility index (Phi) is 5.36. The lowest BCUT2D eigenvalue weighted by Crippen LogP contribution is -2.38. The number of ether oxygens (including phenoxy) is 1. The van der Waals surface area contributed by atoms with Gasteiger partial charge in [0.05, 0.1) is 7.11 Å². The van der Waals surface area contributed by atoms with Crippen molar-refractivity contribution in [1.82, 2.24) is 10.6 Å². The molecule has 2 N–H and O–H groups in total. The van der Waals surface area contributed by atoms with E-state index in [2.05, 4.69) is 10.6 Å². The number of hydrogen-bond acceptors (Lipinski definition) is 4. The predicted octanol–water partition coefficient (Wildman–Crippen LogP) is 1.63. The van der Waals surface area contributed by atoms with Crippen LogP contribution >= 0.6 is 0 Å². The van der Waals surface area contributed by atoms with Gasteiger partial charge in [-0.05, 0) is 37.9 Å². The van der Waals surface area contributed by atoms with Crippen LogP contribution in [0, 0.1) is 0 Å². The molecule has 104 valence electrons. The normalized spacial score (nSPS) is 21.4. The van der Waals surface area contributed by atoms with E-state index in [4.69, 9.17) is 4.74 Å². The van der Waals surface area contributed by atoms with Gasteiger partial charge in [-0.3, -0.25) is 5.32 Å². The maximum atomic E-state index is 12.0. The molecule has 1 heterocycles. The van der Waals surface area contributed by atoms with Gasteiger partial charge in [0.25, 0.3) is 0 Å². The lowest BCUT2D eigenvalue weighted by Gasteiger charge is -2.23. The van der Waals surface area contributed by atoms with Crippen LogP contribution in [0.3, 0.4) is 0 Å². The number of hydrogen-bond donors (Lipinski definition) is 2. The van der Waals surface area contributed by atoms with Crippen molar-refractivity contribution in [2.45, 2.75) is 31.3 Å². The molecule has 0 spiro atoms. The summed E-state index contributed by atoms with van der Waals surface area (Å²) in [4.78, 5) is 12.0. The zero-order valence-electron chi connectivity index (χ0n) is 11.4.